The Labute approximate surface area is 218 Å². The van der Waals surface area contributed by atoms with E-state index in [2.05, 4.69) is 15.3 Å². The molecule has 4 N–H and O–H groups in total. The molecule has 1 aromatic heterocycles. The third kappa shape index (κ3) is 5.35. The number of nitrogens with zero attached hydrogens (tertiary/aromatic N) is 2. The van der Waals surface area contributed by atoms with Crippen LogP contribution in [0.25, 0.3) is 11.0 Å². The summed E-state index contributed by atoms with van der Waals surface area (Å²) in [4.78, 5) is 34.0. The minimum absolute atomic E-state index is 0.0992. The van der Waals surface area contributed by atoms with Crippen LogP contribution < -0.4 is 16.2 Å². The van der Waals surface area contributed by atoms with Crippen molar-refractivity contribution in [2.45, 2.75) is 18.4 Å². The van der Waals surface area contributed by atoms with Crippen LogP contribution in [-0.2, 0) is 21.2 Å². The fraction of sp³-hybridized carbons (Fsp3) is 0.160. The highest BCUT2D eigenvalue weighted by Crippen LogP contribution is 2.29. The molecule has 0 saturated carbocycles. The van der Waals surface area contributed by atoms with E-state index in [1.807, 2.05) is 0 Å². The summed E-state index contributed by atoms with van der Waals surface area (Å²) < 4.78 is 29.6. The first kappa shape index (κ1) is 26.3. The Morgan fingerprint density at radius 1 is 1.14 bits per heavy atom. The number of ether oxygens (including phenoxy) is 1. The Balaban J connectivity index is 1.80. The first-order valence-corrected chi connectivity index (χ1v) is 13.2. The maximum Gasteiger partial charge on any atom is 0.273 e. The standard InChI is InChI=1S/C25H24ClN5O5S/c1-14-18(26)8-6-9-19(14)29-24(32)17-11-15(12-20-23(17)30-22(28-20)13-36-2)31(27)25(33)16-7-4-5-10-21(16)37(3,34)35/h4-12H,13,27H2,1-3H3,(H,28,30)(H,29,32). The third-order valence-electron chi connectivity index (χ3n) is 5.68. The van der Waals surface area contributed by atoms with Gasteiger partial charge in [-0.3, -0.25) is 9.59 Å². The first-order chi connectivity index (χ1) is 17.5. The molecule has 0 bridgehead atoms. The Morgan fingerprint density at radius 2 is 1.86 bits per heavy atom. The molecule has 0 radical (unpaired) electrons. The summed E-state index contributed by atoms with van der Waals surface area (Å²) in [6.07, 6.45) is 1.01. The van der Waals surface area contributed by atoms with Crippen LogP contribution in [0.5, 0.6) is 0 Å². The van der Waals surface area contributed by atoms with Gasteiger partial charge in [-0.25, -0.2) is 24.3 Å². The molecular weight excluding hydrogens is 518 g/mol. The Bertz CT molecular complexity index is 1630. The van der Waals surface area contributed by atoms with Crippen LogP contribution in [0.3, 0.4) is 0 Å². The van der Waals surface area contributed by atoms with Gasteiger partial charge in [-0.2, -0.15) is 0 Å². The van der Waals surface area contributed by atoms with Crippen molar-refractivity contribution in [2.75, 3.05) is 23.7 Å². The molecule has 10 nitrogen and oxygen atoms in total. The van der Waals surface area contributed by atoms with Crippen molar-refractivity contribution in [2.24, 2.45) is 5.84 Å². The van der Waals surface area contributed by atoms with Crippen molar-refractivity contribution in [3.63, 3.8) is 0 Å². The third-order valence-corrected chi connectivity index (χ3v) is 7.24. The second-order valence-corrected chi connectivity index (χ2v) is 10.7. The maximum atomic E-state index is 13.4. The van der Waals surface area contributed by atoms with Gasteiger partial charge in [0.2, 0.25) is 0 Å². The van der Waals surface area contributed by atoms with Crippen molar-refractivity contribution in [1.82, 2.24) is 9.97 Å². The van der Waals surface area contributed by atoms with Gasteiger partial charge in [0.15, 0.2) is 9.84 Å². The smallest absolute Gasteiger partial charge is 0.273 e. The van der Waals surface area contributed by atoms with E-state index in [1.54, 1.807) is 31.2 Å². The first-order valence-electron chi connectivity index (χ1n) is 11.0. The zero-order valence-electron chi connectivity index (χ0n) is 20.2. The number of imidazole rings is 1. The topological polar surface area (TPSA) is 147 Å². The van der Waals surface area contributed by atoms with E-state index in [9.17, 15) is 18.0 Å². The van der Waals surface area contributed by atoms with Gasteiger partial charge in [-0.05, 0) is 48.9 Å². The number of carbonyl (C=O) groups excluding carboxylic acids is 2. The largest absolute Gasteiger partial charge is 0.377 e. The van der Waals surface area contributed by atoms with Crippen LogP contribution >= 0.6 is 11.6 Å². The van der Waals surface area contributed by atoms with E-state index < -0.39 is 21.7 Å². The summed E-state index contributed by atoms with van der Waals surface area (Å²) in [7, 11) is -2.20. The molecule has 2 amide bonds. The number of methoxy groups -OCH3 is 1. The molecule has 12 heteroatoms. The minimum atomic E-state index is -3.70. The molecule has 192 valence electrons. The number of hydrogen-bond donors (Lipinski definition) is 3. The van der Waals surface area contributed by atoms with Crippen molar-refractivity contribution in [1.29, 1.82) is 0 Å². The van der Waals surface area contributed by atoms with E-state index in [0.29, 0.717) is 33.1 Å². The number of carbonyl (C=O) groups is 2. The highest BCUT2D eigenvalue weighted by molar-refractivity contribution is 7.90. The summed E-state index contributed by atoms with van der Waals surface area (Å²) in [5, 5.41) is 4.11. The molecular formula is C25H24ClN5O5S. The highest BCUT2D eigenvalue weighted by atomic mass is 35.5. The summed E-state index contributed by atoms with van der Waals surface area (Å²) in [6, 6.07) is 13.8. The molecule has 0 spiro atoms. The quantitative estimate of drug-likeness (QED) is 0.183. The van der Waals surface area contributed by atoms with Crippen LogP contribution in [0, 0.1) is 6.92 Å². The normalized spacial score (nSPS) is 11.5. The molecule has 37 heavy (non-hydrogen) atoms. The van der Waals surface area contributed by atoms with Gasteiger partial charge < -0.3 is 15.0 Å². The van der Waals surface area contributed by atoms with Crippen LogP contribution in [0.4, 0.5) is 11.4 Å². The molecule has 0 aliphatic rings. The van der Waals surface area contributed by atoms with Crippen molar-refractivity contribution >= 4 is 55.7 Å². The van der Waals surface area contributed by atoms with Gasteiger partial charge in [0.1, 0.15) is 17.9 Å². The SMILES string of the molecule is COCc1nc2c(C(=O)Nc3cccc(Cl)c3C)cc(N(N)C(=O)c3ccccc3S(C)(=O)=O)cc2[nH]1. The second kappa shape index (κ2) is 10.3. The summed E-state index contributed by atoms with van der Waals surface area (Å²) in [5.74, 6) is 5.37. The number of anilines is 2. The number of halogens is 1. The lowest BCUT2D eigenvalue weighted by atomic mass is 10.1. The number of nitrogens with one attached hydrogen (secondary N) is 2. The van der Waals surface area contributed by atoms with E-state index in [-0.39, 0.29) is 28.3 Å². The predicted octanol–water partition coefficient (Wildman–Crippen LogP) is 3.85. The molecule has 4 aromatic rings. The lowest BCUT2D eigenvalue weighted by molar-refractivity contribution is 0.0981. The molecule has 0 aliphatic carbocycles. The number of aromatic nitrogens is 2. The maximum absolute atomic E-state index is 13.4. The molecule has 0 saturated heterocycles. The fourth-order valence-corrected chi connectivity index (χ4v) is 4.87. The van der Waals surface area contributed by atoms with Gasteiger partial charge in [0.25, 0.3) is 11.8 Å². The zero-order chi connectivity index (χ0) is 26.9. The fourth-order valence-electron chi connectivity index (χ4n) is 3.82. The summed E-state index contributed by atoms with van der Waals surface area (Å²) >= 11 is 6.20. The van der Waals surface area contributed by atoms with E-state index in [1.165, 1.54) is 37.4 Å². The highest BCUT2D eigenvalue weighted by Gasteiger charge is 2.25. The Hall–Kier alpha value is -3.77. The zero-order valence-corrected chi connectivity index (χ0v) is 21.8. The molecule has 3 aromatic carbocycles. The number of hydrogen-bond acceptors (Lipinski definition) is 7. The number of rotatable bonds is 7. The molecule has 4 rings (SSSR count). The number of amides is 2. The van der Waals surface area contributed by atoms with Crippen molar-refractivity contribution in [3.05, 3.63) is 82.1 Å². The van der Waals surface area contributed by atoms with Crippen LogP contribution in [0.15, 0.2) is 59.5 Å². The number of sulfone groups is 1. The van der Waals surface area contributed by atoms with Gasteiger partial charge in [0, 0.05) is 24.1 Å². The minimum Gasteiger partial charge on any atom is -0.377 e. The van der Waals surface area contributed by atoms with E-state index >= 15 is 0 Å². The summed E-state index contributed by atoms with van der Waals surface area (Å²) in [5.41, 5.74) is 2.12. The average Bonchev–Trinajstić information content (AvgIpc) is 3.27. The van der Waals surface area contributed by atoms with Crippen LogP contribution in [0.1, 0.15) is 32.1 Å². The molecule has 0 atom stereocenters. The number of aromatic amines is 1. The van der Waals surface area contributed by atoms with Crippen molar-refractivity contribution < 1.29 is 22.7 Å². The summed E-state index contributed by atoms with van der Waals surface area (Å²) in [6.45, 7) is 1.93. The molecule has 0 fully saturated rings. The van der Waals surface area contributed by atoms with E-state index in [4.69, 9.17) is 22.2 Å². The monoisotopic (exact) mass is 541 g/mol. The second-order valence-electron chi connectivity index (χ2n) is 8.32. The molecule has 1 heterocycles. The average molecular weight is 542 g/mol. The van der Waals surface area contributed by atoms with E-state index in [0.717, 1.165) is 11.3 Å². The number of benzene rings is 3. The lowest BCUT2D eigenvalue weighted by Crippen LogP contribution is -2.38. The van der Waals surface area contributed by atoms with Gasteiger partial charge >= 0.3 is 0 Å². The molecule has 0 unspecified atom stereocenters. The number of nitrogens with two attached hydrogens (primary N) is 1. The number of hydrazine groups is 1. The Kier molecular flexibility index (Phi) is 7.32. The Morgan fingerprint density at radius 3 is 2.57 bits per heavy atom. The van der Waals surface area contributed by atoms with Crippen LogP contribution in [0.2, 0.25) is 5.02 Å². The number of fused-ring (bicyclic) bond motifs is 1. The number of H-pyrrole nitrogens is 1. The predicted molar refractivity (Wildman–Crippen MR) is 141 cm³/mol. The van der Waals surface area contributed by atoms with Gasteiger partial charge in [0.05, 0.1) is 27.2 Å². The van der Waals surface area contributed by atoms with Crippen molar-refractivity contribution in [3.8, 4) is 0 Å². The molecule has 0 aliphatic heterocycles. The lowest BCUT2D eigenvalue weighted by Gasteiger charge is -2.19. The van der Waals surface area contributed by atoms with Gasteiger partial charge in [-0.15, -0.1) is 0 Å². The van der Waals surface area contributed by atoms with Gasteiger partial charge in [-0.1, -0.05) is 29.8 Å². The van der Waals surface area contributed by atoms with Crippen LogP contribution in [-0.4, -0.2) is 43.6 Å².